The number of carbonyl (C=O) groups is 1. The third-order valence-electron chi connectivity index (χ3n) is 5.20. The minimum absolute atomic E-state index is 0.240. The van der Waals surface area contributed by atoms with E-state index in [4.69, 9.17) is 4.99 Å². The van der Waals surface area contributed by atoms with Gasteiger partial charge in [-0.15, -0.1) is 10.2 Å². The predicted molar refractivity (Wildman–Crippen MR) is 116 cm³/mol. The number of guanidine groups is 1. The number of likely N-dealkylation sites (tertiary alicyclic amines) is 1. The molecule has 4 rings (SSSR count). The first-order chi connectivity index (χ1) is 14.7. The van der Waals surface area contributed by atoms with E-state index in [9.17, 15) is 4.79 Å². The molecule has 1 aliphatic rings. The van der Waals surface area contributed by atoms with Crippen LogP contribution in [-0.4, -0.2) is 44.5 Å². The SMILES string of the molecule is CCNC(=NCc1ccccc1CN1CCCC1=O)NCc1nnc2ccccn12. The standard InChI is InChI=1S/C22H27N7O/c1-2-23-22(25-15-20-27-26-19-10-5-6-13-29(19)20)24-14-17-8-3-4-9-18(17)16-28-12-7-11-21(28)30/h3-6,8-10,13H,2,7,11-12,14-16H2,1H3,(H2,23,24,25). The van der Waals surface area contributed by atoms with E-state index in [0.29, 0.717) is 26.1 Å². The minimum atomic E-state index is 0.240. The summed E-state index contributed by atoms with van der Waals surface area (Å²) in [6.45, 7) is 5.34. The Balaban J connectivity index is 1.44. The lowest BCUT2D eigenvalue weighted by Crippen LogP contribution is -2.37. The lowest BCUT2D eigenvalue weighted by molar-refractivity contribution is -0.128. The molecule has 3 aromatic rings. The van der Waals surface area contributed by atoms with Crippen LogP contribution in [0.25, 0.3) is 5.65 Å². The van der Waals surface area contributed by atoms with Gasteiger partial charge in [0.2, 0.25) is 5.91 Å². The van der Waals surface area contributed by atoms with Gasteiger partial charge in [0.1, 0.15) is 0 Å². The maximum absolute atomic E-state index is 12.0. The third-order valence-corrected chi connectivity index (χ3v) is 5.20. The lowest BCUT2D eigenvalue weighted by Gasteiger charge is -2.18. The number of aromatic nitrogens is 3. The zero-order valence-corrected chi connectivity index (χ0v) is 17.2. The number of aliphatic imine (C=N–C) groups is 1. The van der Waals surface area contributed by atoms with Crippen LogP contribution in [0.5, 0.6) is 0 Å². The number of fused-ring (bicyclic) bond motifs is 1. The van der Waals surface area contributed by atoms with Crippen LogP contribution in [0.3, 0.4) is 0 Å². The molecular weight excluding hydrogens is 378 g/mol. The number of nitrogens with one attached hydrogen (secondary N) is 2. The Morgan fingerprint density at radius 3 is 2.73 bits per heavy atom. The number of rotatable bonds is 7. The summed E-state index contributed by atoms with van der Waals surface area (Å²) in [5.74, 6) is 1.78. The Bertz CT molecular complexity index is 1040. The van der Waals surface area contributed by atoms with Gasteiger partial charge in [0.05, 0.1) is 13.1 Å². The number of hydrogen-bond acceptors (Lipinski definition) is 4. The van der Waals surface area contributed by atoms with Gasteiger partial charge in [0.25, 0.3) is 0 Å². The molecule has 1 aliphatic heterocycles. The predicted octanol–water partition coefficient (Wildman–Crippen LogP) is 2.11. The second-order valence-corrected chi connectivity index (χ2v) is 7.28. The van der Waals surface area contributed by atoms with Crippen molar-refractivity contribution in [1.29, 1.82) is 0 Å². The fraction of sp³-hybridized carbons (Fsp3) is 0.364. The van der Waals surface area contributed by atoms with Crippen LogP contribution in [0.4, 0.5) is 0 Å². The van der Waals surface area contributed by atoms with Crippen molar-refractivity contribution in [3.05, 3.63) is 65.6 Å². The molecule has 0 spiro atoms. The second-order valence-electron chi connectivity index (χ2n) is 7.28. The Morgan fingerprint density at radius 2 is 1.93 bits per heavy atom. The number of benzene rings is 1. The van der Waals surface area contributed by atoms with Crippen LogP contribution in [0.2, 0.25) is 0 Å². The maximum atomic E-state index is 12.0. The highest BCUT2D eigenvalue weighted by molar-refractivity contribution is 5.79. The first-order valence-corrected chi connectivity index (χ1v) is 10.4. The number of carbonyl (C=O) groups excluding carboxylic acids is 1. The molecule has 1 amide bonds. The molecule has 0 unspecified atom stereocenters. The number of hydrogen-bond donors (Lipinski definition) is 2. The van der Waals surface area contributed by atoms with Crippen molar-refractivity contribution in [1.82, 2.24) is 30.1 Å². The summed E-state index contributed by atoms with van der Waals surface area (Å²) in [5, 5.41) is 15.1. The molecule has 0 atom stereocenters. The molecule has 2 N–H and O–H groups in total. The fourth-order valence-corrected chi connectivity index (χ4v) is 3.62. The summed E-state index contributed by atoms with van der Waals surface area (Å²) in [7, 11) is 0. The zero-order chi connectivity index (χ0) is 20.8. The monoisotopic (exact) mass is 405 g/mol. The van der Waals surface area contributed by atoms with Gasteiger partial charge < -0.3 is 15.5 Å². The Labute approximate surface area is 176 Å². The van der Waals surface area contributed by atoms with Crippen molar-refractivity contribution in [3.8, 4) is 0 Å². The average molecular weight is 406 g/mol. The number of amides is 1. The molecule has 0 saturated carbocycles. The normalized spacial score (nSPS) is 14.5. The first-order valence-electron chi connectivity index (χ1n) is 10.4. The molecule has 1 saturated heterocycles. The molecule has 8 nitrogen and oxygen atoms in total. The molecule has 0 bridgehead atoms. The van der Waals surface area contributed by atoms with E-state index < -0.39 is 0 Å². The van der Waals surface area contributed by atoms with Crippen LogP contribution in [0.15, 0.2) is 53.7 Å². The molecular formula is C22H27N7O. The van der Waals surface area contributed by atoms with Crippen LogP contribution >= 0.6 is 0 Å². The molecule has 0 radical (unpaired) electrons. The number of pyridine rings is 1. The van der Waals surface area contributed by atoms with Gasteiger partial charge in [-0.05, 0) is 36.6 Å². The van der Waals surface area contributed by atoms with Crippen LogP contribution in [-0.2, 0) is 24.4 Å². The molecule has 30 heavy (non-hydrogen) atoms. The summed E-state index contributed by atoms with van der Waals surface area (Å²) in [6, 6.07) is 14.0. The fourth-order valence-electron chi connectivity index (χ4n) is 3.62. The lowest BCUT2D eigenvalue weighted by atomic mass is 10.1. The van der Waals surface area contributed by atoms with Gasteiger partial charge >= 0.3 is 0 Å². The molecule has 0 aliphatic carbocycles. The quantitative estimate of drug-likeness (QED) is 0.464. The van der Waals surface area contributed by atoms with E-state index >= 15 is 0 Å². The van der Waals surface area contributed by atoms with Gasteiger partial charge in [0, 0.05) is 32.3 Å². The van der Waals surface area contributed by atoms with E-state index in [-0.39, 0.29) is 5.91 Å². The topological polar surface area (TPSA) is 86.9 Å². The molecule has 1 aromatic carbocycles. The second kappa shape index (κ2) is 9.39. The van der Waals surface area contributed by atoms with Gasteiger partial charge in [-0.2, -0.15) is 0 Å². The minimum Gasteiger partial charge on any atom is -0.357 e. The summed E-state index contributed by atoms with van der Waals surface area (Å²) in [5.41, 5.74) is 3.10. The van der Waals surface area contributed by atoms with Crippen molar-refractivity contribution in [3.63, 3.8) is 0 Å². The van der Waals surface area contributed by atoms with Crippen molar-refractivity contribution in [2.24, 2.45) is 4.99 Å². The van der Waals surface area contributed by atoms with E-state index in [1.165, 1.54) is 0 Å². The van der Waals surface area contributed by atoms with Crippen molar-refractivity contribution < 1.29 is 4.79 Å². The van der Waals surface area contributed by atoms with Gasteiger partial charge in [0.15, 0.2) is 17.4 Å². The van der Waals surface area contributed by atoms with Crippen molar-refractivity contribution in [2.75, 3.05) is 13.1 Å². The molecule has 1 fully saturated rings. The van der Waals surface area contributed by atoms with Gasteiger partial charge in [-0.25, -0.2) is 4.99 Å². The average Bonchev–Trinajstić information content (AvgIpc) is 3.37. The van der Waals surface area contributed by atoms with E-state index in [1.54, 1.807) is 0 Å². The Morgan fingerprint density at radius 1 is 1.10 bits per heavy atom. The van der Waals surface area contributed by atoms with E-state index in [1.807, 2.05) is 52.8 Å². The summed E-state index contributed by atoms with van der Waals surface area (Å²) >= 11 is 0. The molecule has 3 heterocycles. The highest BCUT2D eigenvalue weighted by atomic mass is 16.2. The summed E-state index contributed by atoms with van der Waals surface area (Å²) in [6.07, 6.45) is 3.56. The van der Waals surface area contributed by atoms with Crippen LogP contribution in [0.1, 0.15) is 36.7 Å². The molecule has 156 valence electrons. The van der Waals surface area contributed by atoms with Crippen molar-refractivity contribution >= 4 is 17.5 Å². The molecule has 2 aromatic heterocycles. The van der Waals surface area contributed by atoms with Crippen LogP contribution < -0.4 is 10.6 Å². The van der Waals surface area contributed by atoms with E-state index in [2.05, 4.69) is 33.0 Å². The Hall–Kier alpha value is -3.42. The summed E-state index contributed by atoms with van der Waals surface area (Å²) in [4.78, 5) is 18.7. The number of nitrogens with zero attached hydrogens (tertiary/aromatic N) is 5. The summed E-state index contributed by atoms with van der Waals surface area (Å²) < 4.78 is 1.96. The molecule has 8 heteroatoms. The maximum Gasteiger partial charge on any atom is 0.222 e. The highest BCUT2D eigenvalue weighted by Gasteiger charge is 2.20. The largest absolute Gasteiger partial charge is 0.357 e. The van der Waals surface area contributed by atoms with Gasteiger partial charge in [-0.3, -0.25) is 9.20 Å². The third kappa shape index (κ3) is 4.59. The van der Waals surface area contributed by atoms with E-state index in [0.717, 1.165) is 48.1 Å². The van der Waals surface area contributed by atoms with Crippen molar-refractivity contribution in [2.45, 2.75) is 39.4 Å². The van der Waals surface area contributed by atoms with Gasteiger partial charge in [-0.1, -0.05) is 30.3 Å². The highest BCUT2D eigenvalue weighted by Crippen LogP contribution is 2.17. The van der Waals surface area contributed by atoms with Crippen LogP contribution in [0, 0.1) is 0 Å². The first kappa shape index (κ1) is 19.9. The Kier molecular flexibility index (Phi) is 6.22. The smallest absolute Gasteiger partial charge is 0.222 e. The zero-order valence-electron chi connectivity index (χ0n) is 17.2.